The number of benzene rings is 1. The Morgan fingerprint density at radius 3 is 2.50 bits per heavy atom. The van der Waals surface area contributed by atoms with Crippen LogP contribution in [0.25, 0.3) is 0 Å². The Bertz CT molecular complexity index is 735. The average Bonchev–Trinajstić information content (AvgIpc) is 3.64. The van der Waals surface area contributed by atoms with E-state index in [4.69, 9.17) is 4.74 Å². The molecule has 3 rings (SSSR count). The van der Waals surface area contributed by atoms with E-state index >= 15 is 0 Å². The fourth-order valence-corrected chi connectivity index (χ4v) is 3.50. The summed E-state index contributed by atoms with van der Waals surface area (Å²) in [4.78, 5) is 40.9. The van der Waals surface area contributed by atoms with Gasteiger partial charge < -0.3 is 20.3 Å². The highest BCUT2D eigenvalue weighted by Crippen LogP contribution is 2.18. The lowest BCUT2D eigenvalue weighted by Crippen LogP contribution is -2.50. The maximum atomic E-state index is 12.7. The minimum atomic E-state index is -0.457. The number of carbonyl (C=O) groups is 3. The summed E-state index contributed by atoms with van der Waals surface area (Å²) in [7, 11) is 0. The molecule has 1 aromatic rings. The van der Waals surface area contributed by atoms with Gasteiger partial charge in [-0.25, -0.2) is 0 Å². The minimum absolute atomic E-state index is 0.0591. The van der Waals surface area contributed by atoms with Crippen LogP contribution in [-0.2, 0) is 25.5 Å². The van der Waals surface area contributed by atoms with Crippen molar-refractivity contribution < 1.29 is 19.1 Å². The van der Waals surface area contributed by atoms with E-state index < -0.39 is 5.91 Å². The largest absolute Gasteiger partial charge is 0.379 e. The van der Waals surface area contributed by atoms with Crippen molar-refractivity contribution in [3.63, 3.8) is 0 Å². The van der Waals surface area contributed by atoms with E-state index in [0.29, 0.717) is 38.9 Å². The molecule has 0 unspecified atom stereocenters. The monoisotopic (exact) mass is 445 g/mol. The summed E-state index contributed by atoms with van der Waals surface area (Å²) in [6, 6.07) is 10.4. The zero-order valence-corrected chi connectivity index (χ0v) is 18.7. The van der Waals surface area contributed by atoms with Crippen LogP contribution < -0.4 is 16.0 Å². The smallest absolute Gasteiger partial charge is 0.246 e. The molecule has 0 aromatic heterocycles. The molecule has 9 nitrogen and oxygen atoms in total. The SMILES string of the molecule is O=C(CNCCc1ccccc1)NC(=O)CN(CCN1CCOCC1)C(=O)CNC1CC1. The van der Waals surface area contributed by atoms with Crippen LogP contribution in [0.4, 0.5) is 0 Å². The van der Waals surface area contributed by atoms with Gasteiger partial charge in [-0.05, 0) is 31.4 Å². The normalized spacial score (nSPS) is 16.5. The van der Waals surface area contributed by atoms with Gasteiger partial charge in [-0.15, -0.1) is 0 Å². The number of imide groups is 1. The van der Waals surface area contributed by atoms with Gasteiger partial charge in [0.15, 0.2) is 0 Å². The number of ether oxygens (including phenoxy) is 1. The van der Waals surface area contributed by atoms with Crippen molar-refractivity contribution in [2.75, 3.05) is 65.6 Å². The van der Waals surface area contributed by atoms with Gasteiger partial charge in [0.1, 0.15) is 6.54 Å². The third kappa shape index (κ3) is 9.44. The van der Waals surface area contributed by atoms with Gasteiger partial charge in [0.2, 0.25) is 17.7 Å². The molecule has 2 fully saturated rings. The molecule has 32 heavy (non-hydrogen) atoms. The minimum Gasteiger partial charge on any atom is -0.379 e. The van der Waals surface area contributed by atoms with Gasteiger partial charge in [-0.3, -0.25) is 24.6 Å². The van der Waals surface area contributed by atoms with Crippen LogP contribution in [0.2, 0.25) is 0 Å². The van der Waals surface area contributed by atoms with Crippen molar-refractivity contribution >= 4 is 17.7 Å². The third-order valence-corrected chi connectivity index (χ3v) is 5.59. The van der Waals surface area contributed by atoms with Crippen molar-refractivity contribution in [2.24, 2.45) is 0 Å². The van der Waals surface area contributed by atoms with E-state index in [1.54, 1.807) is 0 Å². The Morgan fingerprint density at radius 1 is 1.03 bits per heavy atom. The summed E-state index contributed by atoms with van der Waals surface area (Å²) < 4.78 is 5.36. The molecular formula is C23H35N5O4. The van der Waals surface area contributed by atoms with E-state index in [-0.39, 0.29) is 31.4 Å². The Balaban J connectivity index is 1.38. The van der Waals surface area contributed by atoms with Gasteiger partial charge in [0.25, 0.3) is 0 Å². The van der Waals surface area contributed by atoms with Crippen LogP contribution in [0.15, 0.2) is 30.3 Å². The van der Waals surface area contributed by atoms with Crippen LogP contribution in [0, 0.1) is 0 Å². The van der Waals surface area contributed by atoms with E-state index in [1.807, 2.05) is 30.3 Å². The first-order valence-electron chi connectivity index (χ1n) is 11.5. The molecule has 3 N–H and O–H groups in total. The summed E-state index contributed by atoms with van der Waals surface area (Å²) in [6.45, 7) is 4.94. The molecule has 0 bridgehead atoms. The zero-order chi connectivity index (χ0) is 22.6. The molecule has 9 heteroatoms. The first kappa shape index (κ1) is 24.3. The number of nitrogens with zero attached hydrogens (tertiary/aromatic N) is 2. The second kappa shape index (κ2) is 13.3. The second-order valence-corrected chi connectivity index (χ2v) is 8.31. The Hall–Kier alpha value is -2.33. The van der Waals surface area contributed by atoms with Crippen LogP contribution in [0.3, 0.4) is 0 Å². The fourth-order valence-electron chi connectivity index (χ4n) is 3.50. The highest BCUT2D eigenvalue weighted by Gasteiger charge is 2.24. The Kier molecular flexibility index (Phi) is 10.1. The second-order valence-electron chi connectivity index (χ2n) is 8.31. The molecule has 176 valence electrons. The summed E-state index contributed by atoms with van der Waals surface area (Å²) in [5.41, 5.74) is 1.19. The highest BCUT2D eigenvalue weighted by molar-refractivity contribution is 5.98. The maximum absolute atomic E-state index is 12.7. The van der Waals surface area contributed by atoms with Gasteiger partial charge in [0.05, 0.1) is 26.3 Å². The van der Waals surface area contributed by atoms with Gasteiger partial charge >= 0.3 is 0 Å². The van der Waals surface area contributed by atoms with E-state index in [2.05, 4.69) is 20.9 Å². The van der Waals surface area contributed by atoms with Crippen LogP contribution >= 0.6 is 0 Å². The molecule has 1 aliphatic heterocycles. The number of hydrogen-bond donors (Lipinski definition) is 3. The molecule has 0 atom stereocenters. The molecule has 0 radical (unpaired) electrons. The average molecular weight is 446 g/mol. The van der Waals surface area contributed by atoms with Crippen molar-refractivity contribution in [3.05, 3.63) is 35.9 Å². The molecule has 2 aliphatic rings. The molecular weight excluding hydrogens is 410 g/mol. The standard InChI is InChI=1S/C23H35N5O4/c29-21(16-24-9-8-19-4-2-1-3-5-19)26-22(30)18-28(23(31)17-25-20-6-7-20)11-10-27-12-14-32-15-13-27/h1-5,20,24-25H,6-18H2,(H,26,29,30). The predicted molar refractivity (Wildman–Crippen MR) is 121 cm³/mol. The first-order chi connectivity index (χ1) is 15.6. The summed E-state index contributed by atoms with van der Waals surface area (Å²) in [5.74, 6) is -0.963. The topological polar surface area (TPSA) is 103 Å². The molecule has 1 heterocycles. The lowest BCUT2D eigenvalue weighted by Gasteiger charge is -2.30. The van der Waals surface area contributed by atoms with Crippen molar-refractivity contribution in [2.45, 2.75) is 25.3 Å². The van der Waals surface area contributed by atoms with Gasteiger partial charge in [-0.2, -0.15) is 0 Å². The molecule has 1 aromatic carbocycles. The summed E-state index contributed by atoms with van der Waals surface area (Å²) in [5, 5.41) is 8.64. The lowest BCUT2D eigenvalue weighted by atomic mass is 10.1. The van der Waals surface area contributed by atoms with E-state index in [9.17, 15) is 14.4 Å². The molecule has 1 saturated carbocycles. The highest BCUT2D eigenvalue weighted by atomic mass is 16.5. The van der Waals surface area contributed by atoms with Crippen LogP contribution in [-0.4, -0.2) is 99.1 Å². The maximum Gasteiger partial charge on any atom is 0.246 e. The van der Waals surface area contributed by atoms with Crippen molar-refractivity contribution in [3.8, 4) is 0 Å². The first-order valence-corrected chi connectivity index (χ1v) is 11.5. The van der Waals surface area contributed by atoms with Crippen LogP contribution in [0.1, 0.15) is 18.4 Å². The zero-order valence-electron chi connectivity index (χ0n) is 18.7. The summed E-state index contributed by atoms with van der Waals surface area (Å²) >= 11 is 0. The number of rotatable bonds is 13. The fraction of sp³-hybridized carbons (Fsp3) is 0.609. The lowest BCUT2D eigenvalue weighted by molar-refractivity contribution is -0.138. The van der Waals surface area contributed by atoms with Crippen LogP contribution in [0.5, 0.6) is 0 Å². The van der Waals surface area contributed by atoms with Crippen molar-refractivity contribution in [1.29, 1.82) is 0 Å². The number of nitrogens with one attached hydrogen (secondary N) is 3. The number of morpholine rings is 1. The molecule has 3 amide bonds. The molecule has 1 saturated heterocycles. The number of amides is 3. The van der Waals surface area contributed by atoms with Gasteiger partial charge in [0, 0.05) is 32.2 Å². The van der Waals surface area contributed by atoms with E-state index in [1.165, 1.54) is 10.5 Å². The summed E-state index contributed by atoms with van der Waals surface area (Å²) in [6.07, 6.45) is 2.99. The number of carbonyl (C=O) groups excluding carboxylic acids is 3. The third-order valence-electron chi connectivity index (χ3n) is 5.59. The van der Waals surface area contributed by atoms with Crippen molar-refractivity contribution in [1.82, 2.24) is 25.8 Å². The number of hydrogen-bond acceptors (Lipinski definition) is 7. The molecule has 0 spiro atoms. The Labute approximate surface area is 189 Å². The quantitative estimate of drug-likeness (QED) is 0.348. The van der Waals surface area contributed by atoms with E-state index in [0.717, 1.165) is 32.4 Å². The molecule has 1 aliphatic carbocycles. The predicted octanol–water partition coefficient (Wildman–Crippen LogP) is -0.626. The Morgan fingerprint density at radius 2 is 1.78 bits per heavy atom. The van der Waals surface area contributed by atoms with Gasteiger partial charge in [-0.1, -0.05) is 30.3 Å².